The zero-order valence-corrected chi connectivity index (χ0v) is 15.5. The molecule has 0 aromatic heterocycles. The standard InChI is InChI=1S/C20H18N2O6/c1-26-14-9-7-13(8-10-14)22-19(24)15(18(23)21-20(22)25)11-12-5-4-6-16(27-2)17(12)28-3/h4-11H,1-3H3,(H,21,23,25)/b15-11+. The number of hydrogen-bond acceptors (Lipinski definition) is 6. The van der Waals surface area contributed by atoms with Crippen LogP contribution in [-0.2, 0) is 9.59 Å². The van der Waals surface area contributed by atoms with Gasteiger partial charge >= 0.3 is 6.03 Å². The van der Waals surface area contributed by atoms with Crippen LogP contribution in [0.15, 0.2) is 48.0 Å². The maximum atomic E-state index is 12.9. The highest BCUT2D eigenvalue weighted by Gasteiger charge is 2.37. The Morgan fingerprint density at radius 3 is 2.21 bits per heavy atom. The van der Waals surface area contributed by atoms with Crippen molar-refractivity contribution in [3.05, 3.63) is 53.6 Å². The fourth-order valence-corrected chi connectivity index (χ4v) is 2.80. The summed E-state index contributed by atoms with van der Waals surface area (Å²) in [6, 6.07) is 10.6. The molecule has 0 unspecified atom stereocenters. The van der Waals surface area contributed by atoms with Gasteiger partial charge in [0.1, 0.15) is 11.3 Å². The number of methoxy groups -OCH3 is 3. The van der Waals surface area contributed by atoms with Crippen molar-refractivity contribution in [2.24, 2.45) is 0 Å². The molecule has 0 radical (unpaired) electrons. The average molecular weight is 382 g/mol. The summed E-state index contributed by atoms with van der Waals surface area (Å²) in [5, 5.41) is 2.18. The highest BCUT2D eigenvalue weighted by molar-refractivity contribution is 6.39. The van der Waals surface area contributed by atoms with E-state index >= 15 is 0 Å². The minimum Gasteiger partial charge on any atom is -0.497 e. The maximum absolute atomic E-state index is 12.9. The van der Waals surface area contributed by atoms with E-state index < -0.39 is 17.8 Å². The summed E-state index contributed by atoms with van der Waals surface area (Å²) in [6.07, 6.45) is 1.36. The molecule has 4 amide bonds. The second-order valence-corrected chi connectivity index (χ2v) is 5.74. The predicted octanol–water partition coefficient (Wildman–Crippen LogP) is 2.38. The number of hydrogen-bond donors (Lipinski definition) is 1. The zero-order valence-electron chi connectivity index (χ0n) is 15.5. The van der Waals surface area contributed by atoms with Crippen molar-refractivity contribution in [1.82, 2.24) is 5.32 Å². The number of nitrogens with zero attached hydrogens (tertiary/aromatic N) is 1. The van der Waals surface area contributed by atoms with Gasteiger partial charge in [-0.05, 0) is 36.4 Å². The lowest BCUT2D eigenvalue weighted by molar-refractivity contribution is -0.122. The van der Waals surface area contributed by atoms with Crippen LogP contribution < -0.4 is 24.4 Å². The molecule has 28 heavy (non-hydrogen) atoms. The van der Waals surface area contributed by atoms with Crippen LogP contribution in [0.2, 0.25) is 0 Å². The minimum atomic E-state index is -0.824. The molecule has 8 heteroatoms. The van der Waals surface area contributed by atoms with Crippen molar-refractivity contribution in [3.8, 4) is 17.2 Å². The summed E-state index contributed by atoms with van der Waals surface area (Å²) in [5.41, 5.74) is 0.561. The van der Waals surface area contributed by atoms with Crippen molar-refractivity contribution < 1.29 is 28.6 Å². The van der Waals surface area contributed by atoms with E-state index in [1.807, 2.05) is 0 Å². The monoisotopic (exact) mass is 382 g/mol. The molecule has 1 N–H and O–H groups in total. The third-order valence-electron chi connectivity index (χ3n) is 4.17. The van der Waals surface area contributed by atoms with Crippen molar-refractivity contribution in [2.75, 3.05) is 26.2 Å². The van der Waals surface area contributed by atoms with E-state index in [4.69, 9.17) is 14.2 Å². The van der Waals surface area contributed by atoms with Gasteiger partial charge < -0.3 is 14.2 Å². The molecule has 8 nitrogen and oxygen atoms in total. The number of barbiturate groups is 1. The first-order valence-corrected chi connectivity index (χ1v) is 8.26. The fourth-order valence-electron chi connectivity index (χ4n) is 2.80. The van der Waals surface area contributed by atoms with E-state index in [2.05, 4.69) is 5.32 Å². The number of imide groups is 2. The summed E-state index contributed by atoms with van der Waals surface area (Å²) in [5.74, 6) is -0.149. The van der Waals surface area contributed by atoms with Gasteiger partial charge in [-0.25, -0.2) is 9.69 Å². The summed E-state index contributed by atoms with van der Waals surface area (Å²) in [7, 11) is 4.45. The molecule has 144 valence electrons. The Kier molecular flexibility index (Phi) is 5.30. The molecule has 2 aromatic carbocycles. The van der Waals surface area contributed by atoms with Gasteiger partial charge in [0.15, 0.2) is 11.5 Å². The van der Waals surface area contributed by atoms with Crippen LogP contribution >= 0.6 is 0 Å². The summed E-state index contributed by atoms with van der Waals surface area (Å²) >= 11 is 0. The molecule has 0 bridgehead atoms. The molecule has 0 spiro atoms. The largest absolute Gasteiger partial charge is 0.497 e. The fraction of sp³-hybridized carbons (Fsp3) is 0.150. The van der Waals surface area contributed by atoms with Crippen LogP contribution in [0.3, 0.4) is 0 Å². The summed E-state index contributed by atoms with van der Waals surface area (Å²) < 4.78 is 15.6. The van der Waals surface area contributed by atoms with Crippen molar-refractivity contribution >= 4 is 29.6 Å². The van der Waals surface area contributed by atoms with E-state index in [-0.39, 0.29) is 5.57 Å². The van der Waals surface area contributed by atoms with Gasteiger partial charge in [0, 0.05) is 5.56 Å². The minimum absolute atomic E-state index is 0.207. The van der Waals surface area contributed by atoms with Crippen LogP contribution in [-0.4, -0.2) is 39.2 Å². The van der Waals surface area contributed by atoms with E-state index in [1.165, 1.54) is 27.4 Å². The molecule has 1 aliphatic rings. The van der Waals surface area contributed by atoms with E-state index in [0.29, 0.717) is 28.5 Å². The molecule has 1 heterocycles. The lowest BCUT2D eigenvalue weighted by Gasteiger charge is -2.26. The molecule has 1 aliphatic heterocycles. The SMILES string of the molecule is COc1ccc(N2C(=O)NC(=O)/C(=C\c3cccc(OC)c3OC)C2=O)cc1. The Bertz CT molecular complexity index is 965. The number of carbonyl (C=O) groups is 3. The van der Waals surface area contributed by atoms with Crippen molar-refractivity contribution in [2.45, 2.75) is 0 Å². The first-order chi connectivity index (χ1) is 13.5. The lowest BCUT2D eigenvalue weighted by Crippen LogP contribution is -2.54. The quantitative estimate of drug-likeness (QED) is 0.630. The highest BCUT2D eigenvalue weighted by atomic mass is 16.5. The number of para-hydroxylation sites is 1. The number of rotatable bonds is 5. The number of amides is 4. The maximum Gasteiger partial charge on any atom is 0.335 e. The molecular weight excluding hydrogens is 364 g/mol. The number of carbonyl (C=O) groups excluding carboxylic acids is 3. The summed E-state index contributed by atoms with van der Waals surface area (Å²) in [4.78, 5) is 38.4. The third kappa shape index (κ3) is 3.39. The molecule has 2 aromatic rings. The first kappa shape index (κ1) is 19.0. The topological polar surface area (TPSA) is 94.2 Å². The number of benzene rings is 2. The zero-order chi connectivity index (χ0) is 20.3. The van der Waals surface area contributed by atoms with Crippen LogP contribution in [0.1, 0.15) is 5.56 Å². The van der Waals surface area contributed by atoms with Crippen molar-refractivity contribution in [1.29, 1.82) is 0 Å². The Balaban J connectivity index is 2.04. The molecule has 1 saturated heterocycles. The number of ether oxygens (including phenoxy) is 3. The molecule has 0 aliphatic carbocycles. The van der Waals surface area contributed by atoms with Crippen LogP contribution in [0.4, 0.5) is 10.5 Å². The van der Waals surface area contributed by atoms with Gasteiger partial charge in [-0.1, -0.05) is 12.1 Å². The Morgan fingerprint density at radius 1 is 0.893 bits per heavy atom. The van der Waals surface area contributed by atoms with Gasteiger partial charge in [0.05, 0.1) is 27.0 Å². The average Bonchev–Trinajstić information content (AvgIpc) is 2.71. The predicted molar refractivity (Wildman–Crippen MR) is 102 cm³/mol. The van der Waals surface area contributed by atoms with Gasteiger partial charge in [0.2, 0.25) is 0 Å². The van der Waals surface area contributed by atoms with E-state index in [9.17, 15) is 14.4 Å². The Morgan fingerprint density at radius 2 is 1.61 bits per heavy atom. The second-order valence-electron chi connectivity index (χ2n) is 5.74. The number of urea groups is 1. The molecule has 3 rings (SSSR count). The highest BCUT2D eigenvalue weighted by Crippen LogP contribution is 2.33. The number of anilines is 1. The van der Waals surface area contributed by atoms with Gasteiger partial charge in [-0.2, -0.15) is 0 Å². The van der Waals surface area contributed by atoms with Gasteiger partial charge in [-0.15, -0.1) is 0 Å². The van der Waals surface area contributed by atoms with Gasteiger partial charge in [-0.3, -0.25) is 14.9 Å². The molecule has 1 fully saturated rings. The van der Waals surface area contributed by atoms with Gasteiger partial charge in [0.25, 0.3) is 11.8 Å². The normalized spacial score (nSPS) is 15.5. The first-order valence-electron chi connectivity index (χ1n) is 8.26. The van der Waals surface area contributed by atoms with Crippen LogP contribution in [0, 0.1) is 0 Å². The molecular formula is C20H18N2O6. The Labute approximate surface area is 161 Å². The third-order valence-corrected chi connectivity index (χ3v) is 4.17. The lowest BCUT2D eigenvalue weighted by atomic mass is 10.1. The smallest absolute Gasteiger partial charge is 0.335 e. The Hall–Kier alpha value is -3.81. The van der Waals surface area contributed by atoms with E-state index in [1.54, 1.807) is 42.5 Å². The van der Waals surface area contributed by atoms with E-state index in [0.717, 1.165) is 4.90 Å². The summed E-state index contributed by atoms with van der Waals surface area (Å²) in [6.45, 7) is 0. The van der Waals surface area contributed by atoms with Crippen molar-refractivity contribution in [3.63, 3.8) is 0 Å². The second kappa shape index (κ2) is 7.83. The van der Waals surface area contributed by atoms with Crippen LogP contribution in [0.25, 0.3) is 6.08 Å². The molecule has 0 saturated carbocycles. The van der Waals surface area contributed by atoms with Crippen LogP contribution in [0.5, 0.6) is 17.2 Å². The molecule has 0 atom stereocenters. The number of nitrogens with one attached hydrogen (secondary N) is 1.